The molecule has 9 heteroatoms. The summed E-state index contributed by atoms with van der Waals surface area (Å²) in [5.74, 6) is -3.78. The van der Waals surface area contributed by atoms with Gasteiger partial charge in [-0.25, -0.2) is 8.78 Å². The van der Waals surface area contributed by atoms with Crippen LogP contribution in [0.4, 0.5) is 19.5 Å². The van der Waals surface area contributed by atoms with E-state index in [9.17, 15) is 18.4 Å². The molecule has 0 saturated heterocycles. The molecule has 0 saturated carbocycles. The number of carbonyl (C=O) groups is 2. The molecule has 22 heavy (non-hydrogen) atoms. The van der Waals surface area contributed by atoms with E-state index in [0.29, 0.717) is 5.56 Å². The van der Waals surface area contributed by atoms with Crippen LogP contribution in [0.1, 0.15) is 25.6 Å². The second kappa shape index (κ2) is 5.90. The highest BCUT2D eigenvalue weighted by molar-refractivity contribution is 7.18. The highest BCUT2D eigenvalue weighted by atomic mass is 35.5. The smallest absolute Gasteiger partial charge is 0.266 e. The first-order chi connectivity index (χ1) is 10.2. The zero-order chi connectivity index (χ0) is 16.6. The second-order valence-corrected chi connectivity index (χ2v) is 5.83. The van der Waals surface area contributed by atoms with Gasteiger partial charge in [0.25, 0.3) is 11.8 Å². The van der Waals surface area contributed by atoms with Crippen LogP contribution in [0.25, 0.3) is 0 Å². The fourth-order valence-electron chi connectivity index (χ4n) is 1.87. The summed E-state index contributed by atoms with van der Waals surface area (Å²) in [5, 5.41) is 2.01. The summed E-state index contributed by atoms with van der Waals surface area (Å²) in [5.41, 5.74) is 11.2. The third-order valence-electron chi connectivity index (χ3n) is 2.87. The fraction of sp³-hybridized carbons (Fsp3) is 0.0769. The average molecular weight is 346 g/mol. The molecule has 1 heterocycles. The normalized spacial score (nSPS) is 10.5. The van der Waals surface area contributed by atoms with Gasteiger partial charge in [-0.2, -0.15) is 0 Å². The van der Waals surface area contributed by atoms with Crippen molar-refractivity contribution < 1.29 is 18.4 Å². The average Bonchev–Trinajstić information content (AvgIpc) is 2.71. The molecule has 1 aromatic carbocycles. The van der Waals surface area contributed by atoms with E-state index in [4.69, 9.17) is 23.1 Å². The molecule has 0 fully saturated rings. The summed E-state index contributed by atoms with van der Waals surface area (Å²) in [7, 11) is 0. The second-order valence-electron chi connectivity index (χ2n) is 4.37. The number of hydrogen-bond acceptors (Lipinski definition) is 4. The van der Waals surface area contributed by atoms with Crippen molar-refractivity contribution >= 4 is 45.4 Å². The number of anilines is 2. The van der Waals surface area contributed by atoms with Crippen molar-refractivity contribution in [3.63, 3.8) is 0 Å². The third kappa shape index (κ3) is 2.88. The van der Waals surface area contributed by atoms with Crippen LogP contribution in [0.5, 0.6) is 0 Å². The molecule has 2 rings (SSSR count). The van der Waals surface area contributed by atoms with E-state index in [1.165, 1.54) is 6.92 Å². The third-order valence-corrected chi connectivity index (χ3v) is 4.26. The van der Waals surface area contributed by atoms with Crippen molar-refractivity contribution in [3.05, 3.63) is 44.8 Å². The van der Waals surface area contributed by atoms with Crippen molar-refractivity contribution in [2.75, 3.05) is 11.1 Å². The summed E-state index contributed by atoms with van der Waals surface area (Å²) in [6, 6.07) is 1.86. The number of amides is 2. The molecule has 1 aromatic heterocycles. The summed E-state index contributed by atoms with van der Waals surface area (Å²) in [6.45, 7) is 1.51. The van der Waals surface area contributed by atoms with Gasteiger partial charge in [-0.3, -0.25) is 9.59 Å². The molecule has 0 spiro atoms. The number of thiophene rings is 1. The Balaban J connectivity index is 2.34. The minimum atomic E-state index is -1.20. The van der Waals surface area contributed by atoms with Gasteiger partial charge in [0.05, 0.1) is 20.5 Å². The summed E-state index contributed by atoms with van der Waals surface area (Å²) in [6.07, 6.45) is 0. The minimum absolute atomic E-state index is 0.0269. The first-order valence-corrected chi connectivity index (χ1v) is 7.06. The van der Waals surface area contributed by atoms with E-state index in [2.05, 4.69) is 5.32 Å². The molecule has 0 aliphatic heterocycles. The van der Waals surface area contributed by atoms with Gasteiger partial charge in [0.15, 0.2) is 11.6 Å². The van der Waals surface area contributed by atoms with E-state index in [1.54, 1.807) is 0 Å². The molecule has 5 nitrogen and oxygen atoms in total. The van der Waals surface area contributed by atoms with E-state index < -0.39 is 28.5 Å². The van der Waals surface area contributed by atoms with Gasteiger partial charge < -0.3 is 16.8 Å². The van der Waals surface area contributed by atoms with Crippen LogP contribution >= 0.6 is 22.9 Å². The van der Waals surface area contributed by atoms with Crippen LogP contribution in [0.2, 0.25) is 5.02 Å². The number of benzene rings is 1. The zero-order valence-electron chi connectivity index (χ0n) is 11.2. The van der Waals surface area contributed by atoms with Gasteiger partial charge in [0.2, 0.25) is 0 Å². The van der Waals surface area contributed by atoms with Crippen LogP contribution < -0.4 is 16.8 Å². The maximum Gasteiger partial charge on any atom is 0.266 e. The zero-order valence-corrected chi connectivity index (χ0v) is 12.7. The summed E-state index contributed by atoms with van der Waals surface area (Å²) in [4.78, 5) is 23.6. The molecule has 0 bridgehead atoms. The first kappa shape index (κ1) is 16.2. The maximum atomic E-state index is 13.3. The number of carbonyl (C=O) groups excluding carboxylic acids is 2. The molecule has 2 aromatic rings. The Labute approximate surface area is 132 Å². The molecule has 116 valence electrons. The van der Waals surface area contributed by atoms with Crippen LogP contribution in [0.15, 0.2) is 12.1 Å². The van der Waals surface area contributed by atoms with Crippen molar-refractivity contribution in [1.29, 1.82) is 0 Å². The largest absolute Gasteiger partial charge is 0.390 e. The lowest BCUT2D eigenvalue weighted by Crippen LogP contribution is -2.15. The van der Waals surface area contributed by atoms with Gasteiger partial charge in [0, 0.05) is 11.8 Å². The first-order valence-electron chi connectivity index (χ1n) is 5.87. The van der Waals surface area contributed by atoms with E-state index in [1.807, 2.05) is 0 Å². The highest BCUT2D eigenvalue weighted by Gasteiger charge is 2.22. The summed E-state index contributed by atoms with van der Waals surface area (Å²) < 4.78 is 26.4. The molecule has 0 aliphatic rings. The number of nitrogen functional groups attached to an aromatic ring is 1. The molecular formula is C13H10ClF2N3O2S. The Kier molecular flexibility index (Phi) is 4.34. The number of nitrogens with two attached hydrogens (primary N) is 2. The standard InChI is InChI=1S/C13H10ClF2N3O2S/c1-4-8(11(17)20)12(18)22-10(4)13(21)19-5-2-6(14)9(16)7(15)3-5/h2-3H,18H2,1H3,(H2,17,20)(H,19,21). The van der Waals surface area contributed by atoms with Gasteiger partial charge in [-0.15, -0.1) is 11.3 Å². The predicted molar refractivity (Wildman–Crippen MR) is 81.3 cm³/mol. The molecule has 0 radical (unpaired) electrons. The van der Waals surface area contributed by atoms with Crippen LogP contribution in [0, 0.1) is 18.6 Å². The molecule has 0 unspecified atom stereocenters. The van der Waals surface area contributed by atoms with Gasteiger partial charge in [-0.05, 0) is 18.6 Å². The Hall–Kier alpha value is -2.19. The quantitative estimate of drug-likeness (QED) is 0.746. The maximum absolute atomic E-state index is 13.3. The predicted octanol–water partition coefficient (Wildman–Crippen LogP) is 2.92. The fourth-order valence-corrected chi connectivity index (χ4v) is 3.06. The van der Waals surface area contributed by atoms with Gasteiger partial charge in [-0.1, -0.05) is 11.6 Å². The van der Waals surface area contributed by atoms with Crippen molar-refractivity contribution in [2.45, 2.75) is 6.92 Å². The van der Waals surface area contributed by atoms with Crippen LogP contribution in [-0.4, -0.2) is 11.8 Å². The lowest BCUT2D eigenvalue weighted by Gasteiger charge is -2.06. The van der Waals surface area contributed by atoms with E-state index >= 15 is 0 Å². The molecule has 0 atom stereocenters. The van der Waals surface area contributed by atoms with Crippen LogP contribution in [-0.2, 0) is 0 Å². The number of halogens is 3. The SMILES string of the molecule is Cc1c(C(=O)Nc2cc(F)c(F)c(Cl)c2)sc(N)c1C(N)=O. The number of hydrogen-bond donors (Lipinski definition) is 3. The van der Waals surface area contributed by atoms with Crippen molar-refractivity contribution in [3.8, 4) is 0 Å². The Morgan fingerprint density at radius 2 is 1.95 bits per heavy atom. The number of rotatable bonds is 3. The molecule has 2 amide bonds. The van der Waals surface area contributed by atoms with Gasteiger partial charge >= 0.3 is 0 Å². The van der Waals surface area contributed by atoms with Crippen molar-refractivity contribution in [1.82, 2.24) is 0 Å². The number of nitrogens with one attached hydrogen (secondary N) is 1. The lowest BCUT2D eigenvalue weighted by atomic mass is 10.1. The molecule has 5 N–H and O–H groups in total. The topological polar surface area (TPSA) is 98.2 Å². The summed E-state index contributed by atoms with van der Waals surface area (Å²) >= 11 is 6.38. The highest BCUT2D eigenvalue weighted by Crippen LogP contribution is 2.31. The van der Waals surface area contributed by atoms with Gasteiger partial charge in [0.1, 0.15) is 0 Å². The number of primary amides is 1. The molecular weight excluding hydrogens is 336 g/mol. The minimum Gasteiger partial charge on any atom is -0.390 e. The van der Waals surface area contributed by atoms with E-state index in [-0.39, 0.29) is 21.1 Å². The lowest BCUT2D eigenvalue weighted by molar-refractivity contribution is 0.100. The molecule has 0 aliphatic carbocycles. The van der Waals surface area contributed by atoms with E-state index in [0.717, 1.165) is 23.5 Å². The van der Waals surface area contributed by atoms with Crippen LogP contribution in [0.3, 0.4) is 0 Å². The Bertz CT molecular complexity index is 769. The van der Waals surface area contributed by atoms with Crippen molar-refractivity contribution in [2.24, 2.45) is 5.73 Å². The monoisotopic (exact) mass is 345 g/mol. The Morgan fingerprint density at radius 3 is 2.45 bits per heavy atom. The Morgan fingerprint density at radius 1 is 1.32 bits per heavy atom.